The van der Waals surface area contributed by atoms with Gasteiger partial charge in [0.25, 0.3) is 0 Å². The van der Waals surface area contributed by atoms with Crippen molar-refractivity contribution < 1.29 is 5.11 Å². The molecule has 2 nitrogen and oxygen atoms in total. The second kappa shape index (κ2) is 4.56. The van der Waals surface area contributed by atoms with Gasteiger partial charge in [-0.25, -0.2) is 0 Å². The number of nitrogens with zero attached hydrogens (tertiary/aromatic N) is 1. The lowest BCUT2D eigenvalue weighted by molar-refractivity contribution is 0.482. The third-order valence-electron chi connectivity index (χ3n) is 3.18. The average Bonchev–Trinajstić information content (AvgIpc) is 2.44. The van der Waals surface area contributed by atoms with Gasteiger partial charge in [-0.15, -0.1) is 0 Å². The SMILES string of the molecule is Cc1ccc(-c2cc(Cl)c3cccnc3c2O)cc1. The zero-order valence-electron chi connectivity index (χ0n) is 10.4. The summed E-state index contributed by atoms with van der Waals surface area (Å²) in [6, 6.07) is 13.4. The third-order valence-corrected chi connectivity index (χ3v) is 3.49. The van der Waals surface area contributed by atoms with Crippen molar-refractivity contribution in [2.24, 2.45) is 0 Å². The normalized spacial score (nSPS) is 10.8. The van der Waals surface area contributed by atoms with Crippen molar-refractivity contribution in [2.45, 2.75) is 6.92 Å². The minimum atomic E-state index is 0.170. The van der Waals surface area contributed by atoms with Crippen molar-refractivity contribution in [3.8, 4) is 16.9 Å². The molecule has 0 aliphatic carbocycles. The lowest BCUT2D eigenvalue weighted by Gasteiger charge is -2.09. The van der Waals surface area contributed by atoms with Gasteiger partial charge in [-0.1, -0.05) is 41.4 Å². The fraction of sp³-hybridized carbons (Fsp3) is 0.0625. The smallest absolute Gasteiger partial charge is 0.149 e. The van der Waals surface area contributed by atoms with Crippen LogP contribution in [0.4, 0.5) is 0 Å². The first kappa shape index (κ1) is 12.0. The van der Waals surface area contributed by atoms with E-state index < -0.39 is 0 Å². The number of phenolic OH excluding ortho intramolecular Hbond substituents is 1. The molecule has 0 amide bonds. The lowest BCUT2D eigenvalue weighted by Crippen LogP contribution is -1.86. The van der Waals surface area contributed by atoms with E-state index in [2.05, 4.69) is 4.98 Å². The average molecular weight is 270 g/mol. The van der Waals surface area contributed by atoms with Crippen molar-refractivity contribution in [2.75, 3.05) is 0 Å². The van der Waals surface area contributed by atoms with Crippen LogP contribution < -0.4 is 0 Å². The van der Waals surface area contributed by atoms with E-state index in [0.717, 1.165) is 10.9 Å². The molecule has 2 aromatic carbocycles. The maximum atomic E-state index is 10.4. The number of hydrogen-bond donors (Lipinski definition) is 1. The second-order valence-electron chi connectivity index (χ2n) is 4.52. The van der Waals surface area contributed by atoms with Crippen molar-refractivity contribution >= 4 is 22.5 Å². The number of hydrogen-bond acceptors (Lipinski definition) is 2. The molecule has 0 spiro atoms. The van der Waals surface area contributed by atoms with Crippen LogP contribution >= 0.6 is 11.6 Å². The van der Waals surface area contributed by atoms with Crippen LogP contribution in [0.5, 0.6) is 5.75 Å². The maximum absolute atomic E-state index is 10.4. The molecule has 3 aromatic rings. The molecule has 0 aliphatic rings. The van der Waals surface area contributed by atoms with Gasteiger partial charge >= 0.3 is 0 Å². The number of aromatic hydroxyl groups is 1. The number of phenols is 1. The van der Waals surface area contributed by atoms with Gasteiger partial charge in [0.2, 0.25) is 0 Å². The molecule has 0 bridgehead atoms. The van der Waals surface area contributed by atoms with Crippen LogP contribution in [0.1, 0.15) is 5.56 Å². The van der Waals surface area contributed by atoms with E-state index in [9.17, 15) is 5.11 Å². The van der Waals surface area contributed by atoms with Crippen LogP contribution in [-0.4, -0.2) is 10.1 Å². The molecule has 0 atom stereocenters. The summed E-state index contributed by atoms with van der Waals surface area (Å²) in [5.74, 6) is 0.170. The first-order valence-electron chi connectivity index (χ1n) is 6.00. The summed E-state index contributed by atoms with van der Waals surface area (Å²) in [6.45, 7) is 2.03. The van der Waals surface area contributed by atoms with Crippen molar-refractivity contribution in [3.63, 3.8) is 0 Å². The number of aromatic nitrogens is 1. The summed E-state index contributed by atoms with van der Waals surface area (Å²) in [5, 5.41) is 11.7. The molecule has 3 heteroatoms. The molecule has 0 unspecified atom stereocenters. The molecule has 0 aliphatic heterocycles. The largest absolute Gasteiger partial charge is 0.505 e. The summed E-state index contributed by atoms with van der Waals surface area (Å²) in [5.41, 5.74) is 3.34. The molecule has 19 heavy (non-hydrogen) atoms. The van der Waals surface area contributed by atoms with Crippen LogP contribution in [0.15, 0.2) is 48.7 Å². The quantitative estimate of drug-likeness (QED) is 0.702. The van der Waals surface area contributed by atoms with Crippen molar-refractivity contribution in [1.82, 2.24) is 4.98 Å². The lowest BCUT2D eigenvalue weighted by atomic mass is 10.0. The van der Waals surface area contributed by atoms with Gasteiger partial charge in [-0.2, -0.15) is 0 Å². The Morgan fingerprint density at radius 1 is 1.11 bits per heavy atom. The van der Waals surface area contributed by atoms with Crippen LogP contribution in [-0.2, 0) is 0 Å². The van der Waals surface area contributed by atoms with E-state index in [1.54, 1.807) is 18.3 Å². The summed E-state index contributed by atoms with van der Waals surface area (Å²) in [4.78, 5) is 4.21. The van der Waals surface area contributed by atoms with E-state index in [1.165, 1.54) is 5.56 Å². The van der Waals surface area contributed by atoms with Crippen LogP contribution in [0.3, 0.4) is 0 Å². The first-order valence-corrected chi connectivity index (χ1v) is 6.38. The zero-order chi connectivity index (χ0) is 13.4. The molecule has 1 aromatic heterocycles. The Morgan fingerprint density at radius 2 is 1.84 bits per heavy atom. The second-order valence-corrected chi connectivity index (χ2v) is 4.93. The van der Waals surface area contributed by atoms with Crippen molar-refractivity contribution in [3.05, 3.63) is 59.2 Å². The Kier molecular flexibility index (Phi) is 2.88. The molecule has 0 saturated heterocycles. The summed E-state index contributed by atoms with van der Waals surface area (Å²) >= 11 is 6.26. The Hall–Kier alpha value is -2.06. The first-order chi connectivity index (χ1) is 9.16. The van der Waals surface area contributed by atoms with Crippen LogP contribution in [0.25, 0.3) is 22.0 Å². The number of halogens is 1. The fourth-order valence-electron chi connectivity index (χ4n) is 2.14. The monoisotopic (exact) mass is 269 g/mol. The molecule has 0 saturated carbocycles. The molecule has 0 fully saturated rings. The molecular weight excluding hydrogens is 258 g/mol. The highest BCUT2D eigenvalue weighted by Gasteiger charge is 2.12. The van der Waals surface area contributed by atoms with Crippen molar-refractivity contribution in [1.29, 1.82) is 0 Å². The van der Waals surface area contributed by atoms with Gasteiger partial charge < -0.3 is 5.11 Å². The Morgan fingerprint density at radius 3 is 2.58 bits per heavy atom. The minimum absolute atomic E-state index is 0.170. The van der Waals surface area contributed by atoms with E-state index in [4.69, 9.17) is 11.6 Å². The Bertz CT molecular complexity index is 751. The van der Waals surface area contributed by atoms with Gasteiger partial charge in [0.15, 0.2) is 0 Å². The Labute approximate surface area is 116 Å². The predicted molar refractivity (Wildman–Crippen MR) is 78.6 cm³/mol. The Balaban J connectivity index is 2.30. The predicted octanol–water partition coefficient (Wildman–Crippen LogP) is 4.57. The van der Waals surface area contributed by atoms with E-state index in [0.29, 0.717) is 16.1 Å². The summed E-state index contributed by atoms with van der Waals surface area (Å²) in [7, 11) is 0. The minimum Gasteiger partial charge on any atom is -0.505 e. The van der Waals surface area contributed by atoms with Crippen LogP contribution in [0.2, 0.25) is 5.02 Å². The third kappa shape index (κ3) is 2.04. The van der Waals surface area contributed by atoms with E-state index in [1.807, 2.05) is 37.3 Å². The van der Waals surface area contributed by atoms with Gasteiger partial charge in [-0.3, -0.25) is 4.98 Å². The van der Waals surface area contributed by atoms with E-state index in [-0.39, 0.29) is 5.75 Å². The van der Waals surface area contributed by atoms with Gasteiger partial charge in [0.05, 0.1) is 5.02 Å². The highest BCUT2D eigenvalue weighted by atomic mass is 35.5. The van der Waals surface area contributed by atoms with Gasteiger partial charge in [0.1, 0.15) is 11.3 Å². The number of fused-ring (bicyclic) bond motifs is 1. The summed E-state index contributed by atoms with van der Waals surface area (Å²) in [6.07, 6.45) is 1.65. The molecule has 3 rings (SSSR count). The van der Waals surface area contributed by atoms with E-state index >= 15 is 0 Å². The highest BCUT2D eigenvalue weighted by molar-refractivity contribution is 6.36. The molecule has 94 valence electrons. The number of rotatable bonds is 1. The topological polar surface area (TPSA) is 33.1 Å². The van der Waals surface area contributed by atoms with Gasteiger partial charge in [-0.05, 0) is 30.7 Å². The maximum Gasteiger partial charge on any atom is 0.149 e. The number of aryl methyl sites for hydroxylation is 1. The fourth-order valence-corrected chi connectivity index (χ4v) is 2.40. The zero-order valence-corrected chi connectivity index (χ0v) is 11.1. The highest BCUT2D eigenvalue weighted by Crippen LogP contribution is 2.38. The molecular formula is C16H12ClNO. The standard InChI is InChI=1S/C16H12ClNO/c1-10-4-6-11(7-5-10)13-9-14(17)12-3-2-8-18-15(12)16(13)19/h2-9,19H,1H3. The summed E-state index contributed by atoms with van der Waals surface area (Å²) < 4.78 is 0. The number of benzene rings is 2. The molecule has 0 radical (unpaired) electrons. The molecule has 1 heterocycles. The van der Waals surface area contributed by atoms with Crippen LogP contribution in [0, 0.1) is 6.92 Å². The van der Waals surface area contributed by atoms with Gasteiger partial charge in [0, 0.05) is 17.1 Å². The number of pyridine rings is 1. The molecule has 1 N–H and O–H groups in total.